The molecular weight excluding hydrogens is 330 g/mol. The molecule has 0 unspecified atom stereocenters. The standard InChI is InChI=1S/C20H31N3O3/c1-3-4-16-18(25)23(19(26)22-16)11-17(24)21-12(2)20-8-13-5-14(9-20)7-15(6-13)10-20/h12-16H,3-11H2,1-2H3,(H,21,24)(H,22,26)/t12-,13?,14?,15?,16+,20?/m0/s1. The molecule has 6 nitrogen and oxygen atoms in total. The van der Waals surface area contributed by atoms with Gasteiger partial charge in [0.2, 0.25) is 5.91 Å². The minimum absolute atomic E-state index is 0.107. The van der Waals surface area contributed by atoms with Crippen LogP contribution in [-0.2, 0) is 9.59 Å². The molecule has 4 bridgehead atoms. The second-order valence-electron chi connectivity index (χ2n) is 9.28. The fourth-order valence-electron chi connectivity index (χ4n) is 6.50. The van der Waals surface area contributed by atoms with Gasteiger partial charge in [0.05, 0.1) is 0 Å². The Balaban J connectivity index is 1.36. The Bertz CT molecular complexity index is 582. The Hall–Kier alpha value is -1.59. The first-order chi connectivity index (χ1) is 12.4. The quantitative estimate of drug-likeness (QED) is 0.713. The van der Waals surface area contributed by atoms with Crippen LogP contribution < -0.4 is 10.6 Å². The van der Waals surface area contributed by atoms with Crippen LogP contribution >= 0.6 is 0 Å². The minimum Gasteiger partial charge on any atom is -0.352 e. The fourth-order valence-corrected chi connectivity index (χ4v) is 6.50. The maximum atomic E-state index is 12.6. The summed E-state index contributed by atoms with van der Waals surface area (Å²) in [6.45, 7) is 3.93. The fraction of sp³-hybridized carbons (Fsp3) is 0.850. The molecule has 26 heavy (non-hydrogen) atoms. The highest BCUT2D eigenvalue weighted by molar-refractivity contribution is 6.06. The Morgan fingerprint density at radius 3 is 2.31 bits per heavy atom. The first-order valence-electron chi connectivity index (χ1n) is 10.3. The van der Waals surface area contributed by atoms with Crippen molar-refractivity contribution in [1.82, 2.24) is 15.5 Å². The Morgan fingerprint density at radius 1 is 1.19 bits per heavy atom. The van der Waals surface area contributed by atoms with Gasteiger partial charge in [-0.05, 0) is 75.0 Å². The largest absolute Gasteiger partial charge is 0.352 e. The summed E-state index contributed by atoms with van der Waals surface area (Å²) in [5.74, 6) is 2.02. The van der Waals surface area contributed by atoms with E-state index in [4.69, 9.17) is 0 Å². The van der Waals surface area contributed by atoms with Crippen LogP contribution in [0.1, 0.15) is 65.2 Å². The third-order valence-corrected chi connectivity index (χ3v) is 7.37. The lowest BCUT2D eigenvalue weighted by Crippen LogP contribution is -2.57. The molecule has 0 aromatic carbocycles. The van der Waals surface area contributed by atoms with Crippen LogP contribution in [0.3, 0.4) is 0 Å². The van der Waals surface area contributed by atoms with Gasteiger partial charge in [-0.25, -0.2) is 4.79 Å². The van der Waals surface area contributed by atoms with Crippen molar-refractivity contribution in [1.29, 1.82) is 0 Å². The highest BCUT2D eigenvalue weighted by atomic mass is 16.2. The van der Waals surface area contributed by atoms with E-state index in [2.05, 4.69) is 17.6 Å². The van der Waals surface area contributed by atoms with Crippen LogP contribution in [0.4, 0.5) is 4.79 Å². The Morgan fingerprint density at radius 2 is 1.77 bits per heavy atom. The van der Waals surface area contributed by atoms with Crippen molar-refractivity contribution in [2.75, 3.05) is 6.54 Å². The van der Waals surface area contributed by atoms with Crippen LogP contribution in [0.15, 0.2) is 0 Å². The first-order valence-corrected chi connectivity index (χ1v) is 10.3. The molecule has 1 aliphatic heterocycles. The van der Waals surface area contributed by atoms with E-state index < -0.39 is 12.1 Å². The topological polar surface area (TPSA) is 78.5 Å². The third kappa shape index (κ3) is 3.01. The van der Waals surface area contributed by atoms with Gasteiger partial charge >= 0.3 is 6.03 Å². The Labute approximate surface area is 155 Å². The maximum Gasteiger partial charge on any atom is 0.325 e. The highest BCUT2D eigenvalue weighted by Gasteiger charge is 2.53. The monoisotopic (exact) mass is 361 g/mol. The molecule has 4 aliphatic carbocycles. The first kappa shape index (κ1) is 17.8. The second kappa shape index (κ2) is 6.54. The van der Waals surface area contributed by atoms with E-state index in [0.717, 1.165) is 29.1 Å². The van der Waals surface area contributed by atoms with Gasteiger partial charge < -0.3 is 10.6 Å². The van der Waals surface area contributed by atoms with Gasteiger partial charge in [-0.1, -0.05) is 13.3 Å². The average Bonchev–Trinajstić information content (AvgIpc) is 2.81. The molecule has 0 aromatic rings. The molecule has 4 saturated carbocycles. The molecule has 5 fully saturated rings. The lowest BCUT2D eigenvalue weighted by molar-refractivity contribution is -0.134. The van der Waals surface area contributed by atoms with Crippen molar-refractivity contribution in [2.45, 2.75) is 77.3 Å². The smallest absolute Gasteiger partial charge is 0.325 e. The van der Waals surface area contributed by atoms with Crippen molar-refractivity contribution in [2.24, 2.45) is 23.2 Å². The molecule has 1 heterocycles. The van der Waals surface area contributed by atoms with E-state index in [0.29, 0.717) is 6.42 Å². The number of nitrogens with one attached hydrogen (secondary N) is 2. The van der Waals surface area contributed by atoms with Crippen LogP contribution in [0.5, 0.6) is 0 Å². The van der Waals surface area contributed by atoms with Gasteiger partial charge in [-0.2, -0.15) is 0 Å². The summed E-state index contributed by atoms with van der Waals surface area (Å²) in [6.07, 6.45) is 9.24. The highest BCUT2D eigenvalue weighted by Crippen LogP contribution is 2.61. The van der Waals surface area contributed by atoms with Crippen LogP contribution in [0.25, 0.3) is 0 Å². The number of urea groups is 1. The number of imide groups is 1. The molecule has 5 aliphatic rings. The lowest BCUT2D eigenvalue weighted by atomic mass is 9.48. The van der Waals surface area contributed by atoms with Gasteiger partial charge in [0, 0.05) is 6.04 Å². The molecule has 0 aromatic heterocycles. The molecule has 6 heteroatoms. The van der Waals surface area contributed by atoms with Gasteiger partial charge in [0.25, 0.3) is 5.91 Å². The van der Waals surface area contributed by atoms with E-state index in [1.54, 1.807) is 0 Å². The molecule has 144 valence electrons. The number of rotatable bonds is 6. The van der Waals surface area contributed by atoms with Gasteiger partial charge in [0.1, 0.15) is 12.6 Å². The summed E-state index contributed by atoms with van der Waals surface area (Å²) in [4.78, 5) is 38.0. The average molecular weight is 361 g/mol. The molecule has 4 amide bonds. The molecule has 0 spiro atoms. The second-order valence-corrected chi connectivity index (χ2v) is 9.28. The molecule has 2 N–H and O–H groups in total. The van der Waals surface area contributed by atoms with E-state index in [-0.39, 0.29) is 29.8 Å². The van der Waals surface area contributed by atoms with E-state index >= 15 is 0 Å². The summed E-state index contributed by atoms with van der Waals surface area (Å²) in [5, 5.41) is 5.82. The zero-order valence-electron chi connectivity index (χ0n) is 15.9. The molecule has 5 rings (SSSR count). The number of carbonyl (C=O) groups is 3. The van der Waals surface area contributed by atoms with Gasteiger partial charge in [-0.3, -0.25) is 14.5 Å². The maximum absolute atomic E-state index is 12.6. The SMILES string of the molecule is CCC[C@H]1NC(=O)N(CC(=O)N[C@@H](C)C23CC4CC(CC(C4)C2)C3)C1=O. The van der Waals surface area contributed by atoms with Crippen LogP contribution in [-0.4, -0.2) is 41.4 Å². The van der Waals surface area contributed by atoms with Crippen molar-refractivity contribution in [3.63, 3.8) is 0 Å². The molecule has 0 radical (unpaired) electrons. The van der Waals surface area contributed by atoms with Crippen LogP contribution in [0, 0.1) is 23.2 Å². The number of nitrogens with zero attached hydrogens (tertiary/aromatic N) is 1. The predicted molar refractivity (Wildman–Crippen MR) is 97.2 cm³/mol. The number of hydrogen-bond acceptors (Lipinski definition) is 3. The van der Waals surface area contributed by atoms with E-state index in [1.807, 2.05) is 6.92 Å². The summed E-state index contributed by atoms with van der Waals surface area (Å²) >= 11 is 0. The number of hydrogen-bond donors (Lipinski definition) is 2. The molecule has 1 saturated heterocycles. The van der Waals surface area contributed by atoms with E-state index in [1.165, 1.54) is 38.5 Å². The zero-order chi connectivity index (χ0) is 18.5. The minimum atomic E-state index is -0.471. The zero-order valence-corrected chi connectivity index (χ0v) is 15.9. The van der Waals surface area contributed by atoms with Crippen molar-refractivity contribution >= 4 is 17.8 Å². The van der Waals surface area contributed by atoms with Crippen molar-refractivity contribution in [3.05, 3.63) is 0 Å². The predicted octanol–water partition coefficient (Wildman–Crippen LogP) is 2.43. The summed E-state index contributed by atoms with van der Waals surface area (Å²) in [5.41, 5.74) is 0.229. The summed E-state index contributed by atoms with van der Waals surface area (Å²) in [6, 6.07) is -0.803. The van der Waals surface area contributed by atoms with E-state index in [9.17, 15) is 14.4 Å². The molecular formula is C20H31N3O3. The van der Waals surface area contributed by atoms with Crippen molar-refractivity contribution < 1.29 is 14.4 Å². The van der Waals surface area contributed by atoms with Gasteiger partial charge in [-0.15, -0.1) is 0 Å². The molecule has 2 atom stereocenters. The van der Waals surface area contributed by atoms with Crippen molar-refractivity contribution in [3.8, 4) is 0 Å². The van der Waals surface area contributed by atoms with Crippen LogP contribution in [0.2, 0.25) is 0 Å². The lowest BCUT2D eigenvalue weighted by Gasteiger charge is -2.59. The number of carbonyl (C=O) groups excluding carboxylic acids is 3. The summed E-state index contributed by atoms with van der Waals surface area (Å²) < 4.78 is 0. The normalized spacial score (nSPS) is 39.2. The Kier molecular flexibility index (Phi) is 4.48. The summed E-state index contributed by atoms with van der Waals surface area (Å²) in [7, 11) is 0. The third-order valence-electron chi connectivity index (χ3n) is 7.37. The van der Waals surface area contributed by atoms with Gasteiger partial charge in [0.15, 0.2) is 0 Å². The number of amides is 4.